The van der Waals surface area contributed by atoms with Gasteiger partial charge in [0.2, 0.25) is 0 Å². The zero-order chi connectivity index (χ0) is 16.0. The summed E-state index contributed by atoms with van der Waals surface area (Å²) in [5.74, 6) is 1.09. The van der Waals surface area contributed by atoms with Crippen LogP contribution >= 0.6 is 0 Å². The first-order valence-electron chi connectivity index (χ1n) is 8.27. The molecular formula is C18H28N4. The van der Waals surface area contributed by atoms with E-state index in [0.717, 1.165) is 37.5 Å². The molecule has 2 aliphatic heterocycles. The molecule has 3 rings (SSSR count). The quantitative estimate of drug-likeness (QED) is 0.687. The highest BCUT2D eigenvalue weighted by molar-refractivity contribution is 6.10. The standard InChI is InChI=1S/C18H28N4/c1-12-10-14-15(11-13(12)2)21-18(6-8-19-9-7-18)16(20-14)22-17(3,4)5/h10-11,19,21H,6-9H2,1-5H3,(H,20,22). The number of anilines is 2. The van der Waals surface area contributed by atoms with Crippen LogP contribution in [0.4, 0.5) is 11.4 Å². The summed E-state index contributed by atoms with van der Waals surface area (Å²) in [7, 11) is 0. The molecule has 4 nitrogen and oxygen atoms in total. The molecular weight excluding hydrogens is 272 g/mol. The number of benzene rings is 1. The number of rotatable bonds is 0. The largest absolute Gasteiger partial charge is 0.371 e. The second-order valence-electron chi connectivity index (χ2n) is 7.70. The van der Waals surface area contributed by atoms with E-state index >= 15 is 0 Å². The number of fused-ring (bicyclic) bond motifs is 1. The first-order chi connectivity index (χ1) is 10.3. The summed E-state index contributed by atoms with van der Waals surface area (Å²) in [6.07, 6.45) is 2.11. The minimum atomic E-state index is -0.0842. The Balaban J connectivity index is 2.07. The Bertz CT molecular complexity index is 604. The molecule has 1 aromatic rings. The Morgan fingerprint density at radius 3 is 2.18 bits per heavy atom. The Kier molecular flexibility index (Phi) is 3.68. The fourth-order valence-corrected chi connectivity index (χ4v) is 3.27. The second-order valence-corrected chi connectivity index (χ2v) is 7.70. The number of nitrogens with one attached hydrogen (secondary N) is 3. The molecule has 0 bridgehead atoms. The van der Waals surface area contributed by atoms with Crippen LogP contribution in [0.1, 0.15) is 44.7 Å². The van der Waals surface area contributed by atoms with Gasteiger partial charge in [0.25, 0.3) is 0 Å². The maximum atomic E-state index is 5.01. The minimum absolute atomic E-state index is 0.0623. The lowest BCUT2D eigenvalue weighted by atomic mass is 9.84. The van der Waals surface area contributed by atoms with E-state index in [4.69, 9.17) is 4.99 Å². The van der Waals surface area contributed by atoms with Crippen molar-refractivity contribution in [2.75, 3.05) is 23.7 Å². The number of amidine groups is 1. The van der Waals surface area contributed by atoms with Crippen molar-refractivity contribution in [3.63, 3.8) is 0 Å². The van der Waals surface area contributed by atoms with Crippen LogP contribution in [0.5, 0.6) is 0 Å². The van der Waals surface area contributed by atoms with Gasteiger partial charge in [0.1, 0.15) is 5.84 Å². The number of aliphatic imine (C=N–C) groups is 1. The van der Waals surface area contributed by atoms with Crippen molar-refractivity contribution in [1.29, 1.82) is 0 Å². The molecule has 120 valence electrons. The maximum absolute atomic E-state index is 5.01. The molecule has 3 N–H and O–H groups in total. The Morgan fingerprint density at radius 1 is 1.00 bits per heavy atom. The molecule has 1 spiro atoms. The SMILES string of the molecule is Cc1cc2c(cc1C)NC1(CCNCC1)C(=NC(C)(C)C)N2. The van der Waals surface area contributed by atoms with Crippen LogP contribution < -0.4 is 16.0 Å². The van der Waals surface area contributed by atoms with E-state index in [2.05, 4.69) is 62.7 Å². The molecule has 0 saturated carbocycles. The summed E-state index contributed by atoms with van der Waals surface area (Å²) >= 11 is 0. The van der Waals surface area contributed by atoms with Gasteiger partial charge in [-0.3, -0.25) is 4.99 Å². The number of hydrogen-bond acceptors (Lipinski definition) is 3. The van der Waals surface area contributed by atoms with Gasteiger partial charge in [-0.2, -0.15) is 0 Å². The number of hydrogen-bond donors (Lipinski definition) is 3. The highest BCUT2D eigenvalue weighted by atomic mass is 15.2. The average Bonchev–Trinajstić information content (AvgIpc) is 2.42. The molecule has 1 aromatic carbocycles. The van der Waals surface area contributed by atoms with Crippen molar-refractivity contribution in [3.05, 3.63) is 23.3 Å². The average molecular weight is 300 g/mol. The number of nitrogens with zero attached hydrogens (tertiary/aromatic N) is 1. The van der Waals surface area contributed by atoms with Gasteiger partial charge in [-0.1, -0.05) is 0 Å². The van der Waals surface area contributed by atoms with E-state index in [1.54, 1.807) is 0 Å². The van der Waals surface area contributed by atoms with Gasteiger partial charge in [0.05, 0.1) is 22.5 Å². The van der Waals surface area contributed by atoms with Gasteiger partial charge in [0.15, 0.2) is 0 Å². The van der Waals surface area contributed by atoms with Gasteiger partial charge in [-0.25, -0.2) is 0 Å². The van der Waals surface area contributed by atoms with Gasteiger partial charge in [0, 0.05) is 0 Å². The lowest BCUT2D eigenvalue weighted by molar-refractivity contribution is 0.415. The Morgan fingerprint density at radius 2 is 1.59 bits per heavy atom. The maximum Gasteiger partial charge on any atom is 0.127 e. The lowest BCUT2D eigenvalue weighted by Crippen LogP contribution is -2.58. The zero-order valence-electron chi connectivity index (χ0n) is 14.4. The van der Waals surface area contributed by atoms with Gasteiger partial charge < -0.3 is 16.0 Å². The smallest absolute Gasteiger partial charge is 0.127 e. The first kappa shape index (κ1) is 15.3. The van der Waals surface area contributed by atoms with E-state index in [9.17, 15) is 0 Å². The van der Waals surface area contributed by atoms with Crippen molar-refractivity contribution >= 4 is 17.2 Å². The molecule has 1 saturated heterocycles. The highest BCUT2D eigenvalue weighted by Crippen LogP contribution is 2.38. The van der Waals surface area contributed by atoms with E-state index < -0.39 is 0 Å². The monoisotopic (exact) mass is 300 g/mol. The van der Waals surface area contributed by atoms with Gasteiger partial charge >= 0.3 is 0 Å². The van der Waals surface area contributed by atoms with Crippen LogP contribution in [0.2, 0.25) is 0 Å². The Labute approximate surface area is 133 Å². The van der Waals surface area contributed by atoms with E-state index in [1.165, 1.54) is 16.8 Å². The summed E-state index contributed by atoms with van der Waals surface area (Å²) in [5.41, 5.74) is 4.85. The molecule has 0 aromatic heterocycles. The van der Waals surface area contributed by atoms with Crippen LogP contribution in [0.3, 0.4) is 0 Å². The van der Waals surface area contributed by atoms with E-state index in [-0.39, 0.29) is 11.1 Å². The summed E-state index contributed by atoms with van der Waals surface area (Å²) in [5, 5.41) is 10.9. The third-order valence-electron chi connectivity index (χ3n) is 4.62. The topological polar surface area (TPSA) is 48.5 Å². The third kappa shape index (κ3) is 2.84. The van der Waals surface area contributed by atoms with Crippen molar-refractivity contribution < 1.29 is 0 Å². The second kappa shape index (κ2) is 5.27. The van der Waals surface area contributed by atoms with Crippen LogP contribution in [0, 0.1) is 13.8 Å². The van der Waals surface area contributed by atoms with Crippen LogP contribution in [0.15, 0.2) is 17.1 Å². The summed E-state index contributed by atoms with van der Waals surface area (Å²) in [6, 6.07) is 4.49. The normalized spacial score (nSPS) is 22.1. The van der Waals surface area contributed by atoms with Crippen molar-refractivity contribution in [2.45, 2.75) is 58.5 Å². The fraction of sp³-hybridized carbons (Fsp3) is 0.611. The minimum Gasteiger partial charge on any atom is -0.371 e. The first-order valence-corrected chi connectivity index (χ1v) is 8.27. The lowest BCUT2D eigenvalue weighted by Gasteiger charge is -2.45. The molecule has 1 fully saturated rings. The predicted octanol–water partition coefficient (Wildman–Crippen LogP) is 3.46. The summed E-state index contributed by atoms with van der Waals surface area (Å²) in [4.78, 5) is 5.01. The zero-order valence-corrected chi connectivity index (χ0v) is 14.4. The van der Waals surface area contributed by atoms with Gasteiger partial charge in [-0.05, 0) is 83.8 Å². The van der Waals surface area contributed by atoms with E-state index in [1.807, 2.05) is 0 Å². The third-order valence-corrected chi connectivity index (χ3v) is 4.62. The molecule has 2 heterocycles. The van der Waals surface area contributed by atoms with Gasteiger partial charge in [-0.15, -0.1) is 0 Å². The van der Waals surface area contributed by atoms with Crippen LogP contribution in [-0.2, 0) is 0 Å². The van der Waals surface area contributed by atoms with Crippen molar-refractivity contribution in [1.82, 2.24) is 5.32 Å². The molecule has 0 radical (unpaired) electrons. The molecule has 2 aliphatic rings. The highest BCUT2D eigenvalue weighted by Gasteiger charge is 2.41. The molecule has 22 heavy (non-hydrogen) atoms. The van der Waals surface area contributed by atoms with E-state index in [0.29, 0.717) is 0 Å². The van der Waals surface area contributed by atoms with Crippen molar-refractivity contribution in [2.24, 2.45) is 4.99 Å². The van der Waals surface area contributed by atoms with Crippen LogP contribution in [-0.4, -0.2) is 30.0 Å². The van der Waals surface area contributed by atoms with Crippen LogP contribution in [0.25, 0.3) is 0 Å². The molecule has 0 aliphatic carbocycles. The summed E-state index contributed by atoms with van der Waals surface area (Å²) < 4.78 is 0. The predicted molar refractivity (Wildman–Crippen MR) is 95.2 cm³/mol. The number of piperidine rings is 1. The molecule has 0 atom stereocenters. The number of aryl methyl sites for hydroxylation is 2. The Hall–Kier alpha value is -1.55. The molecule has 4 heteroatoms. The van der Waals surface area contributed by atoms with Crippen molar-refractivity contribution in [3.8, 4) is 0 Å². The summed E-state index contributed by atoms with van der Waals surface area (Å²) in [6.45, 7) is 12.9. The fourth-order valence-electron chi connectivity index (χ4n) is 3.27. The molecule has 0 amide bonds. The molecule has 0 unspecified atom stereocenters.